The van der Waals surface area contributed by atoms with Gasteiger partial charge in [-0.15, -0.1) is 0 Å². The Kier molecular flexibility index (Phi) is 6.11. The fourth-order valence-corrected chi connectivity index (χ4v) is 4.38. The van der Waals surface area contributed by atoms with Gasteiger partial charge < -0.3 is 0 Å². The Labute approximate surface area is 158 Å². The van der Waals surface area contributed by atoms with Gasteiger partial charge in [-0.2, -0.15) is 0 Å². The van der Waals surface area contributed by atoms with Crippen LogP contribution in [0.4, 0.5) is 0 Å². The number of carbonyl (C=O) groups excluding carboxylic acids is 2. The Morgan fingerprint density at radius 1 is 1.08 bits per heavy atom. The molecule has 140 valence electrons. The molecule has 2 atom stereocenters. The summed E-state index contributed by atoms with van der Waals surface area (Å²) in [7, 11) is 0. The average Bonchev–Trinajstić information content (AvgIpc) is 3.45. The summed E-state index contributed by atoms with van der Waals surface area (Å²) in [5.41, 5.74) is 4.97. The highest BCUT2D eigenvalue weighted by Crippen LogP contribution is 2.41. The lowest BCUT2D eigenvalue weighted by molar-refractivity contribution is -0.117. The van der Waals surface area contributed by atoms with Crippen LogP contribution >= 0.6 is 0 Å². The minimum atomic E-state index is 0.186. The maximum absolute atomic E-state index is 13.0. The van der Waals surface area contributed by atoms with Gasteiger partial charge in [0.2, 0.25) is 0 Å². The highest BCUT2D eigenvalue weighted by Gasteiger charge is 2.36. The molecule has 2 heteroatoms. The van der Waals surface area contributed by atoms with Crippen LogP contribution in [0.5, 0.6) is 0 Å². The molecule has 0 saturated heterocycles. The second-order valence-corrected chi connectivity index (χ2v) is 8.53. The molecule has 2 aliphatic rings. The van der Waals surface area contributed by atoms with Gasteiger partial charge in [0, 0.05) is 12.3 Å². The van der Waals surface area contributed by atoms with Crippen molar-refractivity contribution in [3.63, 3.8) is 0 Å². The quantitative estimate of drug-likeness (QED) is 0.638. The molecule has 3 rings (SSSR count). The molecule has 0 aliphatic heterocycles. The van der Waals surface area contributed by atoms with E-state index in [4.69, 9.17) is 0 Å². The molecular weight excluding hydrogens is 320 g/mol. The van der Waals surface area contributed by atoms with Gasteiger partial charge in [-0.25, -0.2) is 0 Å². The standard InChI is InChI=1S/C24H32O2/c1-16-6-4-5-7-20(16)11-10-19-9-8-17(2)22(14-18(3)25)23(15-19)24(26)21-12-13-21/h4-7,17,19,21H,8-15H2,1-3H3. The van der Waals surface area contributed by atoms with Crippen LogP contribution in [-0.2, 0) is 16.0 Å². The molecule has 0 radical (unpaired) electrons. The first-order valence-corrected chi connectivity index (χ1v) is 10.3. The molecule has 1 fully saturated rings. The van der Waals surface area contributed by atoms with Crippen molar-refractivity contribution < 1.29 is 9.59 Å². The Morgan fingerprint density at radius 3 is 2.46 bits per heavy atom. The van der Waals surface area contributed by atoms with Crippen molar-refractivity contribution in [3.05, 3.63) is 46.5 Å². The lowest BCUT2D eigenvalue weighted by Gasteiger charge is -2.18. The highest BCUT2D eigenvalue weighted by atomic mass is 16.1. The monoisotopic (exact) mass is 352 g/mol. The van der Waals surface area contributed by atoms with Crippen LogP contribution in [0.25, 0.3) is 0 Å². The largest absolute Gasteiger partial charge is 0.300 e. The van der Waals surface area contributed by atoms with E-state index in [1.807, 2.05) is 0 Å². The van der Waals surface area contributed by atoms with Crippen LogP contribution in [0.15, 0.2) is 35.4 Å². The Balaban J connectivity index is 1.77. The molecule has 2 aliphatic carbocycles. The number of benzene rings is 1. The molecule has 26 heavy (non-hydrogen) atoms. The average molecular weight is 353 g/mol. The molecule has 1 aromatic rings. The van der Waals surface area contributed by atoms with E-state index >= 15 is 0 Å². The summed E-state index contributed by atoms with van der Waals surface area (Å²) < 4.78 is 0. The molecule has 0 heterocycles. The molecule has 2 nitrogen and oxygen atoms in total. The molecule has 0 spiro atoms. The third-order valence-corrected chi connectivity index (χ3v) is 6.25. The van der Waals surface area contributed by atoms with Crippen LogP contribution in [0.1, 0.15) is 69.9 Å². The molecule has 2 unspecified atom stereocenters. The summed E-state index contributed by atoms with van der Waals surface area (Å²) >= 11 is 0. The predicted octanol–water partition coefficient (Wildman–Crippen LogP) is 5.62. The number of hydrogen-bond acceptors (Lipinski definition) is 2. The van der Waals surface area contributed by atoms with Gasteiger partial charge in [-0.1, -0.05) is 36.8 Å². The summed E-state index contributed by atoms with van der Waals surface area (Å²) in [4.78, 5) is 24.8. The lowest BCUT2D eigenvalue weighted by Crippen LogP contribution is -2.14. The van der Waals surface area contributed by atoms with E-state index < -0.39 is 0 Å². The first kappa shape index (κ1) is 19.1. The topological polar surface area (TPSA) is 34.1 Å². The zero-order valence-electron chi connectivity index (χ0n) is 16.5. The first-order chi connectivity index (χ1) is 12.5. The van der Waals surface area contributed by atoms with Crippen molar-refractivity contribution in [2.24, 2.45) is 17.8 Å². The van der Waals surface area contributed by atoms with Gasteiger partial charge in [0.15, 0.2) is 5.78 Å². The number of Topliss-reactive ketones (excluding diaryl/α,β-unsaturated/α-hetero) is 2. The normalized spacial score (nSPS) is 23.7. The zero-order valence-corrected chi connectivity index (χ0v) is 16.5. The van der Waals surface area contributed by atoms with E-state index in [9.17, 15) is 9.59 Å². The Morgan fingerprint density at radius 2 is 1.81 bits per heavy atom. The minimum absolute atomic E-state index is 0.186. The number of rotatable bonds is 7. The molecule has 1 saturated carbocycles. The van der Waals surface area contributed by atoms with E-state index in [0.29, 0.717) is 24.0 Å². The summed E-state index contributed by atoms with van der Waals surface area (Å²) in [5.74, 6) is 1.70. The first-order valence-electron chi connectivity index (χ1n) is 10.3. The van der Waals surface area contributed by atoms with Crippen molar-refractivity contribution in [1.82, 2.24) is 0 Å². The molecule has 0 amide bonds. The van der Waals surface area contributed by atoms with Crippen LogP contribution < -0.4 is 0 Å². The second-order valence-electron chi connectivity index (χ2n) is 8.53. The predicted molar refractivity (Wildman–Crippen MR) is 106 cm³/mol. The van der Waals surface area contributed by atoms with E-state index in [-0.39, 0.29) is 11.7 Å². The van der Waals surface area contributed by atoms with E-state index in [1.54, 1.807) is 6.92 Å². The fourth-order valence-electron chi connectivity index (χ4n) is 4.38. The van der Waals surface area contributed by atoms with Gasteiger partial charge in [0.25, 0.3) is 0 Å². The Hall–Kier alpha value is -1.70. The number of hydrogen-bond donors (Lipinski definition) is 0. The fraction of sp³-hybridized carbons (Fsp3) is 0.583. The van der Waals surface area contributed by atoms with Crippen molar-refractivity contribution in [2.75, 3.05) is 0 Å². The minimum Gasteiger partial charge on any atom is -0.300 e. The zero-order chi connectivity index (χ0) is 18.7. The molecule has 0 N–H and O–H groups in total. The summed E-state index contributed by atoms with van der Waals surface area (Å²) in [6, 6.07) is 8.61. The van der Waals surface area contributed by atoms with Crippen LogP contribution in [0.2, 0.25) is 0 Å². The van der Waals surface area contributed by atoms with Crippen molar-refractivity contribution >= 4 is 11.6 Å². The number of allylic oxidation sites excluding steroid dienone is 2. The summed E-state index contributed by atoms with van der Waals surface area (Å²) in [5, 5.41) is 0. The van der Waals surface area contributed by atoms with Gasteiger partial charge in [0.05, 0.1) is 0 Å². The van der Waals surface area contributed by atoms with E-state index in [2.05, 4.69) is 38.1 Å². The van der Waals surface area contributed by atoms with Crippen molar-refractivity contribution in [1.29, 1.82) is 0 Å². The van der Waals surface area contributed by atoms with Crippen LogP contribution in [0.3, 0.4) is 0 Å². The summed E-state index contributed by atoms with van der Waals surface area (Å²) in [6.45, 7) is 6.04. The lowest BCUT2D eigenvalue weighted by atomic mass is 9.86. The number of carbonyl (C=O) groups is 2. The smallest absolute Gasteiger partial charge is 0.161 e. The maximum atomic E-state index is 13.0. The summed E-state index contributed by atoms with van der Waals surface area (Å²) in [6.07, 6.45) is 7.91. The van der Waals surface area contributed by atoms with Gasteiger partial charge >= 0.3 is 0 Å². The molecule has 1 aromatic carbocycles. The molecule has 0 bridgehead atoms. The molecular formula is C24H32O2. The van der Waals surface area contributed by atoms with Gasteiger partial charge in [0.1, 0.15) is 5.78 Å². The highest BCUT2D eigenvalue weighted by molar-refractivity contribution is 6.00. The number of ketones is 2. The third kappa shape index (κ3) is 4.72. The van der Waals surface area contributed by atoms with E-state index in [1.165, 1.54) is 11.1 Å². The van der Waals surface area contributed by atoms with Crippen LogP contribution in [-0.4, -0.2) is 11.6 Å². The van der Waals surface area contributed by atoms with Crippen molar-refractivity contribution in [2.45, 2.75) is 72.1 Å². The van der Waals surface area contributed by atoms with Crippen LogP contribution in [0, 0.1) is 24.7 Å². The van der Waals surface area contributed by atoms with Gasteiger partial charge in [-0.3, -0.25) is 9.59 Å². The third-order valence-electron chi connectivity index (χ3n) is 6.25. The second kappa shape index (κ2) is 8.33. The number of aryl methyl sites for hydroxylation is 2. The molecule has 0 aromatic heterocycles. The maximum Gasteiger partial charge on any atom is 0.161 e. The van der Waals surface area contributed by atoms with Crippen molar-refractivity contribution in [3.8, 4) is 0 Å². The van der Waals surface area contributed by atoms with E-state index in [0.717, 1.165) is 56.1 Å². The SMILES string of the molecule is CC(=O)CC1=C(C(=O)C2CC2)CC(CCc2ccccc2C)CCC1C. The Bertz CT molecular complexity index is 709. The van der Waals surface area contributed by atoms with Gasteiger partial charge in [-0.05, 0) is 87.3 Å².